The van der Waals surface area contributed by atoms with E-state index in [1.165, 1.54) is 12.1 Å². The van der Waals surface area contributed by atoms with Gasteiger partial charge in [-0.2, -0.15) is 0 Å². The quantitative estimate of drug-likeness (QED) is 0.812. The lowest BCUT2D eigenvalue weighted by Crippen LogP contribution is -2.29. The van der Waals surface area contributed by atoms with Crippen LogP contribution in [-0.2, 0) is 15.6 Å². The zero-order chi connectivity index (χ0) is 12.6. The zero-order valence-electron chi connectivity index (χ0n) is 9.62. The fourth-order valence-corrected chi connectivity index (χ4v) is 2.18. The summed E-state index contributed by atoms with van der Waals surface area (Å²) in [6.07, 6.45) is 0. The standard InChI is InChI=1S/C11H16FNO2S/c1-11(2,3)16(14,15)7-8-4-5-9(13)6-10(8)12/h4-6H,7,13H2,1-3H3. The van der Waals surface area contributed by atoms with Crippen molar-refractivity contribution in [2.45, 2.75) is 31.3 Å². The summed E-state index contributed by atoms with van der Waals surface area (Å²) in [6.45, 7) is 4.78. The molecular weight excluding hydrogens is 229 g/mol. The van der Waals surface area contributed by atoms with Crippen LogP contribution in [0.3, 0.4) is 0 Å². The highest BCUT2D eigenvalue weighted by atomic mass is 32.2. The number of sulfone groups is 1. The molecule has 0 heterocycles. The second kappa shape index (κ2) is 4.05. The van der Waals surface area contributed by atoms with Gasteiger partial charge < -0.3 is 5.73 Å². The van der Waals surface area contributed by atoms with E-state index in [0.717, 1.165) is 6.07 Å². The molecule has 3 nitrogen and oxygen atoms in total. The zero-order valence-corrected chi connectivity index (χ0v) is 10.4. The van der Waals surface area contributed by atoms with Gasteiger partial charge in [-0.3, -0.25) is 0 Å². The van der Waals surface area contributed by atoms with Crippen LogP contribution in [0.25, 0.3) is 0 Å². The van der Waals surface area contributed by atoms with Crippen molar-refractivity contribution in [2.24, 2.45) is 0 Å². The van der Waals surface area contributed by atoms with Gasteiger partial charge in [-0.25, -0.2) is 12.8 Å². The van der Waals surface area contributed by atoms with Crippen LogP contribution in [0.5, 0.6) is 0 Å². The van der Waals surface area contributed by atoms with Crippen molar-refractivity contribution in [3.8, 4) is 0 Å². The maximum absolute atomic E-state index is 13.4. The molecule has 0 saturated carbocycles. The molecule has 1 aromatic rings. The monoisotopic (exact) mass is 245 g/mol. The third-order valence-electron chi connectivity index (χ3n) is 2.36. The van der Waals surface area contributed by atoms with Crippen molar-refractivity contribution in [1.82, 2.24) is 0 Å². The predicted octanol–water partition coefficient (Wildman–Crippen LogP) is 2.12. The fourth-order valence-electron chi connectivity index (χ4n) is 1.10. The summed E-state index contributed by atoms with van der Waals surface area (Å²) in [5, 5.41) is 0. The predicted molar refractivity (Wildman–Crippen MR) is 63.2 cm³/mol. The SMILES string of the molecule is CC(C)(C)S(=O)(=O)Cc1ccc(N)cc1F. The second-order valence-corrected chi connectivity index (χ2v) is 7.47. The van der Waals surface area contributed by atoms with E-state index in [4.69, 9.17) is 5.73 Å². The highest BCUT2D eigenvalue weighted by Gasteiger charge is 2.29. The van der Waals surface area contributed by atoms with Crippen molar-refractivity contribution in [3.63, 3.8) is 0 Å². The van der Waals surface area contributed by atoms with Crippen LogP contribution >= 0.6 is 0 Å². The molecule has 0 unspecified atom stereocenters. The second-order valence-electron chi connectivity index (χ2n) is 4.72. The van der Waals surface area contributed by atoms with E-state index in [0.29, 0.717) is 0 Å². The molecule has 0 aliphatic rings. The lowest BCUT2D eigenvalue weighted by atomic mass is 10.2. The van der Waals surface area contributed by atoms with E-state index < -0.39 is 20.4 Å². The van der Waals surface area contributed by atoms with E-state index >= 15 is 0 Å². The molecule has 5 heteroatoms. The molecule has 0 aliphatic carbocycles. The molecule has 0 aliphatic heterocycles. The van der Waals surface area contributed by atoms with Gasteiger partial charge in [0.15, 0.2) is 9.84 Å². The summed E-state index contributed by atoms with van der Waals surface area (Å²) < 4.78 is 36.3. The number of rotatable bonds is 2. The fraction of sp³-hybridized carbons (Fsp3) is 0.455. The maximum atomic E-state index is 13.4. The first kappa shape index (κ1) is 13.0. The molecular formula is C11H16FNO2S. The molecule has 1 rings (SSSR count). The van der Waals surface area contributed by atoms with Gasteiger partial charge in [0.25, 0.3) is 0 Å². The summed E-state index contributed by atoms with van der Waals surface area (Å²) in [6, 6.07) is 4.04. The van der Waals surface area contributed by atoms with E-state index in [-0.39, 0.29) is 17.0 Å². The van der Waals surface area contributed by atoms with Crippen LogP contribution in [0.15, 0.2) is 18.2 Å². The largest absolute Gasteiger partial charge is 0.399 e. The van der Waals surface area contributed by atoms with Gasteiger partial charge in [-0.05, 0) is 32.9 Å². The average molecular weight is 245 g/mol. The molecule has 90 valence electrons. The van der Waals surface area contributed by atoms with E-state index in [9.17, 15) is 12.8 Å². The van der Waals surface area contributed by atoms with E-state index in [1.54, 1.807) is 20.8 Å². The van der Waals surface area contributed by atoms with Gasteiger partial charge in [0, 0.05) is 11.3 Å². The number of nitrogen functional groups attached to an aromatic ring is 1. The van der Waals surface area contributed by atoms with Crippen LogP contribution in [-0.4, -0.2) is 13.2 Å². The Bertz CT molecular complexity index is 489. The Morgan fingerprint density at radius 3 is 2.31 bits per heavy atom. The first-order chi connectivity index (χ1) is 7.13. The van der Waals surface area contributed by atoms with Crippen molar-refractivity contribution in [3.05, 3.63) is 29.6 Å². The molecule has 0 radical (unpaired) electrons. The topological polar surface area (TPSA) is 60.2 Å². The normalized spacial score (nSPS) is 12.8. The van der Waals surface area contributed by atoms with E-state index in [2.05, 4.69) is 0 Å². The van der Waals surface area contributed by atoms with Crippen LogP contribution < -0.4 is 5.73 Å². The van der Waals surface area contributed by atoms with Crippen molar-refractivity contribution >= 4 is 15.5 Å². The van der Waals surface area contributed by atoms with Crippen molar-refractivity contribution < 1.29 is 12.8 Å². The first-order valence-electron chi connectivity index (χ1n) is 4.90. The van der Waals surface area contributed by atoms with Gasteiger partial charge in [0.05, 0.1) is 10.5 Å². The molecule has 0 amide bonds. The minimum absolute atomic E-state index is 0.157. The molecule has 1 aromatic carbocycles. The third-order valence-corrected chi connectivity index (χ3v) is 4.91. The van der Waals surface area contributed by atoms with Crippen LogP contribution in [0, 0.1) is 5.82 Å². The van der Waals surface area contributed by atoms with Gasteiger partial charge >= 0.3 is 0 Å². The Balaban J connectivity index is 3.07. The summed E-state index contributed by atoms with van der Waals surface area (Å²) in [5.41, 5.74) is 5.83. The number of benzene rings is 1. The molecule has 0 saturated heterocycles. The molecule has 0 bridgehead atoms. The summed E-state index contributed by atoms with van der Waals surface area (Å²) in [5.74, 6) is -0.879. The van der Waals surface area contributed by atoms with Gasteiger partial charge in [-0.1, -0.05) is 6.07 Å². The molecule has 0 atom stereocenters. The Morgan fingerprint density at radius 1 is 1.31 bits per heavy atom. The summed E-state index contributed by atoms with van der Waals surface area (Å²) in [4.78, 5) is 0. The van der Waals surface area contributed by atoms with Gasteiger partial charge in [0.1, 0.15) is 5.82 Å². The summed E-state index contributed by atoms with van der Waals surface area (Å²) in [7, 11) is -3.37. The molecule has 0 spiro atoms. The average Bonchev–Trinajstić information content (AvgIpc) is 2.08. The van der Waals surface area contributed by atoms with Crippen LogP contribution in [0.2, 0.25) is 0 Å². The highest BCUT2D eigenvalue weighted by Crippen LogP contribution is 2.22. The number of halogens is 1. The van der Waals surface area contributed by atoms with Crippen molar-refractivity contribution in [1.29, 1.82) is 0 Å². The van der Waals surface area contributed by atoms with Gasteiger partial charge in [-0.15, -0.1) is 0 Å². The Labute approximate surface area is 95.4 Å². The molecule has 2 N–H and O–H groups in total. The summed E-state index contributed by atoms with van der Waals surface area (Å²) >= 11 is 0. The van der Waals surface area contributed by atoms with E-state index in [1.807, 2.05) is 0 Å². The number of hydrogen-bond donors (Lipinski definition) is 1. The minimum atomic E-state index is -3.37. The van der Waals surface area contributed by atoms with Crippen LogP contribution in [0.1, 0.15) is 26.3 Å². The number of anilines is 1. The number of hydrogen-bond acceptors (Lipinski definition) is 3. The first-order valence-corrected chi connectivity index (χ1v) is 6.55. The smallest absolute Gasteiger partial charge is 0.159 e. The molecule has 0 fully saturated rings. The molecule has 0 aromatic heterocycles. The van der Waals surface area contributed by atoms with Crippen molar-refractivity contribution in [2.75, 3.05) is 5.73 Å². The lowest BCUT2D eigenvalue weighted by molar-refractivity contribution is 0.555. The maximum Gasteiger partial charge on any atom is 0.159 e. The lowest BCUT2D eigenvalue weighted by Gasteiger charge is -2.19. The Kier molecular flexibility index (Phi) is 3.28. The molecule has 16 heavy (non-hydrogen) atoms. The highest BCUT2D eigenvalue weighted by molar-refractivity contribution is 7.91. The third kappa shape index (κ3) is 2.72. The van der Waals surface area contributed by atoms with Gasteiger partial charge in [0.2, 0.25) is 0 Å². The van der Waals surface area contributed by atoms with Crippen LogP contribution in [0.4, 0.5) is 10.1 Å². The number of nitrogens with two attached hydrogens (primary N) is 1. The Morgan fingerprint density at radius 2 is 1.88 bits per heavy atom. The Hall–Kier alpha value is -1.10. The minimum Gasteiger partial charge on any atom is -0.399 e.